The van der Waals surface area contributed by atoms with Crippen molar-refractivity contribution in [1.82, 2.24) is 15.1 Å². The molecule has 17 heavy (non-hydrogen) atoms. The van der Waals surface area contributed by atoms with Gasteiger partial charge in [0.25, 0.3) is 0 Å². The van der Waals surface area contributed by atoms with Gasteiger partial charge >= 0.3 is 0 Å². The monoisotopic (exact) mass is 241 g/mol. The lowest BCUT2D eigenvalue weighted by Gasteiger charge is -2.36. The van der Waals surface area contributed by atoms with Crippen LogP contribution in [0.25, 0.3) is 0 Å². The number of amides is 1. The van der Waals surface area contributed by atoms with Crippen molar-refractivity contribution >= 4 is 5.91 Å². The van der Waals surface area contributed by atoms with E-state index in [9.17, 15) is 4.79 Å². The standard InChI is InChI=1S/C13H27N3O/c1-11(2)6-5-8-16-9-7-14-10-12(16)13(17)15(3)4/h11-12,14H,5-10H2,1-4H3. The molecule has 1 saturated heterocycles. The number of carbonyl (C=O) groups is 1. The smallest absolute Gasteiger partial charge is 0.240 e. The van der Waals surface area contributed by atoms with Gasteiger partial charge in [-0.3, -0.25) is 9.69 Å². The van der Waals surface area contributed by atoms with Crippen molar-refractivity contribution in [2.45, 2.75) is 32.7 Å². The Bertz CT molecular complexity index is 241. The van der Waals surface area contributed by atoms with Crippen molar-refractivity contribution in [2.75, 3.05) is 40.3 Å². The largest absolute Gasteiger partial charge is 0.347 e. The molecule has 0 bridgehead atoms. The minimum absolute atomic E-state index is 0.0333. The molecule has 0 aliphatic carbocycles. The molecule has 0 spiro atoms. The molecule has 1 aliphatic heterocycles. The van der Waals surface area contributed by atoms with Crippen LogP contribution in [0.4, 0.5) is 0 Å². The average molecular weight is 241 g/mol. The van der Waals surface area contributed by atoms with Gasteiger partial charge in [0.15, 0.2) is 0 Å². The average Bonchev–Trinajstić information content (AvgIpc) is 2.28. The van der Waals surface area contributed by atoms with Crippen LogP contribution in [-0.4, -0.2) is 62.0 Å². The number of carbonyl (C=O) groups excluding carboxylic acids is 1. The molecule has 100 valence electrons. The van der Waals surface area contributed by atoms with E-state index in [1.165, 1.54) is 12.8 Å². The van der Waals surface area contributed by atoms with E-state index in [4.69, 9.17) is 0 Å². The number of nitrogens with zero attached hydrogens (tertiary/aromatic N) is 2. The van der Waals surface area contributed by atoms with Gasteiger partial charge in [-0.05, 0) is 25.3 Å². The zero-order chi connectivity index (χ0) is 12.8. The topological polar surface area (TPSA) is 35.6 Å². The molecule has 0 aromatic heterocycles. The van der Waals surface area contributed by atoms with Crippen LogP contribution in [0.5, 0.6) is 0 Å². The quantitative estimate of drug-likeness (QED) is 0.773. The van der Waals surface area contributed by atoms with E-state index < -0.39 is 0 Å². The Morgan fingerprint density at radius 3 is 2.76 bits per heavy atom. The SMILES string of the molecule is CC(C)CCCN1CCNCC1C(=O)N(C)C. The molecule has 1 aliphatic rings. The van der Waals surface area contributed by atoms with Crippen molar-refractivity contribution < 1.29 is 4.79 Å². The molecule has 1 atom stereocenters. The Labute approximate surface area is 105 Å². The van der Waals surface area contributed by atoms with Crippen LogP contribution < -0.4 is 5.32 Å². The molecule has 0 radical (unpaired) electrons. The molecule has 1 unspecified atom stereocenters. The van der Waals surface area contributed by atoms with Crippen molar-refractivity contribution in [3.8, 4) is 0 Å². The van der Waals surface area contributed by atoms with E-state index in [1.54, 1.807) is 4.90 Å². The molecule has 1 N–H and O–H groups in total. The Hall–Kier alpha value is -0.610. The normalized spacial score (nSPS) is 21.8. The maximum Gasteiger partial charge on any atom is 0.240 e. The summed E-state index contributed by atoms with van der Waals surface area (Å²) in [5.41, 5.74) is 0. The third kappa shape index (κ3) is 4.64. The summed E-state index contributed by atoms with van der Waals surface area (Å²) < 4.78 is 0. The van der Waals surface area contributed by atoms with Gasteiger partial charge in [0.1, 0.15) is 6.04 Å². The molecule has 4 nitrogen and oxygen atoms in total. The van der Waals surface area contributed by atoms with Crippen molar-refractivity contribution in [3.63, 3.8) is 0 Å². The number of hydrogen-bond acceptors (Lipinski definition) is 3. The van der Waals surface area contributed by atoms with Gasteiger partial charge in [-0.25, -0.2) is 0 Å². The second-order valence-corrected chi connectivity index (χ2v) is 5.52. The summed E-state index contributed by atoms with van der Waals surface area (Å²) in [4.78, 5) is 16.1. The highest BCUT2D eigenvalue weighted by Gasteiger charge is 2.28. The first-order valence-corrected chi connectivity index (χ1v) is 6.68. The van der Waals surface area contributed by atoms with E-state index in [1.807, 2.05) is 14.1 Å². The van der Waals surface area contributed by atoms with E-state index in [2.05, 4.69) is 24.1 Å². The van der Waals surface area contributed by atoms with Crippen LogP contribution >= 0.6 is 0 Å². The first kappa shape index (κ1) is 14.5. The van der Waals surface area contributed by atoms with Gasteiger partial charge < -0.3 is 10.2 Å². The predicted octanol–water partition coefficient (Wildman–Crippen LogP) is 0.785. The molecule has 4 heteroatoms. The van der Waals surface area contributed by atoms with Crippen LogP contribution in [0.2, 0.25) is 0 Å². The zero-order valence-electron chi connectivity index (χ0n) is 11.7. The third-order valence-electron chi connectivity index (χ3n) is 3.31. The Kier molecular flexibility index (Phi) is 5.92. The maximum atomic E-state index is 12.0. The lowest BCUT2D eigenvalue weighted by molar-refractivity contribution is -0.135. The van der Waals surface area contributed by atoms with Gasteiger partial charge in [0, 0.05) is 33.7 Å². The summed E-state index contributed by atoms with van der Waals surface area (Å²) in [5, 5.41) is 3.31. The summed E-state index contributed by atoms with van der Waals surface area (Å²) in [5.74, 6) is 0.975. The van der Waals surface area contributed by atoms with Gasteiger partial charge in [-0.1, -0.05) is 13.8 Å². The van der Waals surface area contributed by atoms with Crippen LogP contribution in [0.15, 0.2) is 0 Å². The lowest BCUT2D eigenvalue weighted by atomic mass is 10.1. The lowest BCUT2D eigenvalue weighted by Crippen LogP contribution is -2.57. The highest BCUT2D eigenvalue weighted by atomic mass is 16.2. The van der Waals surface area contributed by atoms with Crippen LogP contribution in [-0.2, 0) is 4.79 Å². The fourth-order valence-electron chi connectivity index (χ4n) is 2.26. The molecule has 1 heterocycles. The molecule has 1 rings (SSSR count). The van der Waals surface area contributed by atoms with Crippen LogP contribution in [0.1, 0.15) is 26.7 Å². The number of hydrogen-bond donors (Lipinski definition) is 1. The second kappa shape index (κ2) is 6.97. The molecule has 0 aromatic rings. The summed E-state index contributed by atoms with van der Waals surface area (Å²) in [7, 11) is 3.67. The molecule has 1 amide bonds. The molecule has 0 saturated carbocycles. The highest BCUT2D eigenvalue weighted by molar-refractivity contribution is 5.81. The Balaban J connectivity index is 2.45. The number of rotatable bonds is 5. The summed E-state index contributed by atoms with van der Waals surface area (Å²) in [6, 6.07) is 0.0333. The second-order valence-electron chi connectivity index (χ2n) is 5.52. The Morgan fingerprint density at radius 2 is 2.18 bits per heavy atom. The number of nitrogens with one attached hydrogen (secondary N) is 1. The van der Waals surface area contributed by atoms with Gasteiger partial charge in [-0.15, -0.1) is 0 Å². The van der Waals surface area contributed by atoms with Gasteiger partial charge in [0.2, 0.25) is 5.91 Å². The minimum Gasteiger partial charge on any atom is -0.347 e. The van der Waals surface area contributed by atoms with Crippen LogP contribution in [0, 0.1) is 5.92 Å². The van der Waals surface area contributed by atoms with Crippen molar-refractivity contribution in [2.24, 2.45) is 5.92 Å². The van der Waals surface area contributed by atoms with Crippen LogP contribution in [0.3, 0.4) is 0 Å². The fourth-order valence-corrected chi connectivity index (χ4v) is 2.26. The van der Waals surface area contributed by atoms with E-state index >= 15 is 0 Å². The first-order valence-electron chi connectivity index (χ1n) is 6.68. The summed E-state index contributed by atoms with van der Waals surface area (Å²) in [6.07, 6.45) is 2.43. The van der Waals surface area contributed by atoms with Crippen molar-refractivity contribution in [1.29, 1.82) is 0 Å². The van der Waals surface area contributed by atoms with E-state index in [0.717, 1.165) is 32.1 Å². The molecule has 1 fully saturated rings. The van der Waals surface area contributed by atoms with E-state index in [0.29, 0.717) is 0 Å². The first-order chi connectivity index (χ1) is 8.02. The molecular weight excluding hydrogens is 214 g/mol. The summed E-state index contributed by atoms with van der Waals surface area (Å²) in [6.45, 7) is 8.32. The fraction of sp³-hybridized carbons (Fsp3) is 0.923. The minimum atomic E-state index is 0.0333. The Morgan fingerprint density at radius 1 is 1.47 bits per heavy atom. The highest BCUT2D eigenvalue weighted by Crippen LogP contribution is 2.10. The maximum absolute atomic E-state index is 12.0. The molecule has 0 aromatic carbocycles. The van der Waals surface area contributed by atoms with Gasteiger partial charge in [0.05, 0.1) is 0 Å². The summed E-state index contributed by atoms with van der Waals surface area (Å²) >= 11 is 0. The predicted molar refractivity (Wildman–Crippen MR) is 71.0 cm³/mol. The zero-order valence-corrected chi connectivity index (χ0v) is 11.7. The van der Waals surface area contributed by atoms with Gasteiger partial charge in [-0.2, -0.15) is 0 Å². The van der Waals surface area contributed by atoms with E-state index in [-0.39, 0.29) is 11.9 Å². The van der Waals surface area contributed by atoms with Crippen molar-refractivity contribution in [3.05, 3.63) is 0 Å². The third-order valence-corrected chi connectivity index (χ3v) is 3.31. The number of piperazine rings is 1. The number of likely N-dealkylation sites (N-methyl/N-ethyl adjacent to an activating group) is 1. The molecular formula is C13H27N3O.